The smallest absolute Gasteiger partial charge is 0.316 e. The number of ether oxygens (including phenoxy) is 3. The minimum Gasteiger partial charge on any atom is -0.461 e. The summed E-state index contributed by atoms with van der Waals surface area (Å²) in [5.41, 5.74) is -2.03. The largest absolute Gasteiger partial charge is 0.461 e. The maximum Gasteiger partial charge on any atom is 0.316 e. The normalized spacial score (nSPS) is 37.3. The highest BCUT2D eigenvalue weighted by atomic mass is 16.6. The molecule has 0 aromatic carbocycles. The molecule has 1 fully saturated rings. The summed E-state index contributed by atoms with van der Waals surface area (Å²) in [6, 6.07) is 0. The molecule has 3 rings (SSSR count). The van der Waals surface area contributed by atoms with Crippen molar-refractivity contribution >= 4 is 17.9 Å². The molecule has 0 aromatic heterocycles. The van der Waals surface area contributed by atoms with E-state index in [0.717, 1.165) is 38.5 Å². The fourth-order valence-corrected chi connectivity index (χ4v) is 6.42. The first-order valence-corrected chi connectivity index (χ1v) is 14.2. The zero-order valence-electron chi connectivity index (χ0n) is 24.0. The lowest BCUT2D eigenvalue weighted by Gasteiger charge is -2.36. The number of allylic oxidation sites excluding steroid dienone is 2. The van der Waals surface area contributed by atoms with Gasteiger partial charge in [0.2, 0.25) is 0 Å². The van der Waals surface area contributed by atoms with Gasteiger partial charge in [0.1, 0.15) is 12.7 Å². The fourth-order valence-electron chi connectivity index (χ4n) is 6.42. The van der Waals surface area contributed by atoms with Crippen LogP contribution in [0.15, 0.2) is 24.3 Å². The molecule has 208 valence electrons. The van der Waals surface area contributed by atoms with Crippen LogP contribution in [-0.2, 0) is 28.6 Å². The van der Waals surface area contributed by atoms with E-state index in [1.165, 1.54) is 0 Å². The average molecular weight is 517 g/mol. The van der Waals surface area contributed by atoms with Gasteiger partial charge in [-0.2, -0.15) is 0 Å². The van der Waals surface area contributed by atoms with Crippen molar-refractivity contribution in [2.45, 2.75) is 112 Å². The van der Waals surface area contributed by atoms with Gasteiger partial charge in [-0.25, -0.2) is 0 Å². The van der Waals surface area contributed by atoms with Crippen molar-refractivity contribution in [1.82, 2.24) is 0 Å². The second-order valence-electron chi connectivity index (χ2n) is 13.1. The topological polar surface area (TPSA) is 78.9 Å². The zero-order chi connectivity index (χ0) is 27.4. The van der Waals surface area contributed by atoms with E-state index in [2.05, 4.69) is 20.8 Å². The third-order valence-electron chi connectivity index (χ3n) is 8.70. The van der Waals surface area contributed by atoms with E-state index >= 15 is 0 Å². The van der Waals surface area contributed by atoms with Gasteiger partial charge in [0.15, 0.2) is 6.10 Å². The quantitative estimate of drug-likeness (QED) is 0.206. The fraction of sp³-hybridized carbons (Fsp3) is 0.774. The van der Waals surface area contributed by atoms with Gasteiger partial charge in [0, 0.05) is 0 Å². The summed E-state index contributed by atoms with van der Waals surface area (Å²) in [5, 5.41) is 0. The van der Waals surface area contributed by atoms with Crippen molar-refractivity contribution in [3.63, 3.8) is 0 Å². The van der Waals surface area contributed by atoms with Gasteiger partial charge in [-0.3, -0.25) is 14.4 Å². The van der Waals surface area contributed by atoms with E-state index in [1.807, 2.05) is 45.1 Å². The minimum absolute atomic E-state index is 0.138. The lowest BCUT2D eigenvalue weighted by molar-refractivity contribution is -0.185. The second kappa shape index (κ2) is 11.7. The molecule has 0 amide bonds. The molecule has 37 heavy (non-hydrogen) atoms. The van der Waals surface area contributed by atoms with E-state index in [4.69, 9.17) is 14.2 Å². The number of hydrogen-bond acceptors (Lipinski definition) is 6. The molecule has 6 nitrogen and oxygen atoms in total. The second-order valence-corrected chi connectivity index (χ2v) is 13.1. The molecule has 3 aliphatic rings. The Hall–Kier alpha value is -2.11. The summed E-state index contributed by atoms with van der Waals surface area (Å²) in [6.07, 6.45) is 13.2. The van der Waals surface area contributed by atoms with Crippen LogP contribution in [0.25, 0.3) is 0 Å². The molecular formula is C31H48O6. The predicted molar refractivity (Wildman–Crippen MR) is 143 cm³/mol. The van der Waals surface area contributed by atoms with Crippen LogP contribution in [0, 0.1) is 34.0 Å². The van der Waals surface area contributed by atoms with Crippen LogP contribution in [0.2, 0.25) is 0 Å². The Balaban J connectivity index is 1.73. The van der Waals surface area contributed by atoms with Crippen molar-refractivity contribution < 1.29 is 28.6 Å². The Morgan fingerprint density at radius 1 is 0.811 bits per heavy atom. The Morgan fingerprint density at radius 2 is 1.35 bits per heavy atom. The number of carbonyl (C=O) groups excluding carboxylic acids is 3. The minimum atomic E-state index is -0.888. The summed E-state index contributed by atoms with van der Waals surface area (Å²) >= 11 is 0. The van der Waals surface area contributed by atoms with E-state index < -0.39 is 28.5 Å². The molecule has 0 radical (unpaired) electrons. The van der Waals surface area contributed by atoms with Crippen molar-refractivity contribution in [1.29, 1.82) is 0 Å². The Labute approximate surface area is 223 Å². The van der Waals surface area contributed by atoms with Crippen molar-refractivity contribution in [2.24, 2.45) is 34.0 Å². The number of esters is 3. The van der Waals surface area contributed by atoms with Crippen LogP contribution < -0.4 is 0 Å². The lowest BCUT2D eigenvalue weighted by atomic mass is 9.71. The van der Waals surface area contributed by atoms with Crippen LogP contribution in [0.5, 0.6) is 0 Å². The predicted octanol–water partition coefficient (Wildman–Crippen LogP) is 6.57. The van der Waals surface area contributed by atoms with Crippen molar-refractivity contribution in [2.75, 3.05) is 6.61 Å². The summed E-state index contributed by atoms with van der Waals surface area (Å²) in [5.74, 6) is 0.210. The van der Waals surface area contributed by atoms with Crippen LogP contribution >= 0.6 is 0 Å². The summed E-state index contributed by atoms with van der Waals surface area (Å²) in [7, 11) is 0. The van der Waals surface area contributed by atoms with E-state index in [-0.39, 0.29) is 24.5 Å². The van der Waals surface area contributed by atoms with Gasteiger partial charge in [0.05, 0.1) is 16.2 Å². The van der Waals surface area contributed by atoms with Crippen LogP contribution in [0.3, 0.4) is 0 Å². The third kappa shape index (κ3) is 7.26. The molecule has 0 heterocycles. The first-order chi connectivity index (χ1) is 17.3. The molecule has 3 aliphatic carbocycles. The Bertz CT molecular complexity index is 907. The molecular weight excluding hydrogens is 468 g/mol. The van der Waals surface area contributed by atoms with Crippen molar-refractivity contribution in [3.05, 3.63) is 24.3 Å². The SMILES string of the molecule is CC1CC=CC(C)(C(=O)OC(C)C(COC(=O)C2(C)CCCC(C)C2)OC(=O)C2(C)C=CCC(C)C2)C1. The molecule has 0 aliphatic heterocycles. The maximum atomic E-state index is 13.4. The molecule has 0 saturated heterocycles. The van der Waals surface area contributed by atoms with E-state index in [1.54, 1.807) is 6.92 Å². The first-order valence-electron chi connectivity index (χ1n) is 14.2. The van der Waals surface area contributed by atoms with Gasteiger partial charge >= 0.3 is 17.9 Å². The van der Waals surface area contributed by atoms with E-state index in [0.29, 0.717) is 30.6 Å². The highest BCUT2D eigenvalue weighted by Crippen LogP contribution is 2.41. The van der Waals surface area contributed by atoms with Gasteiger partial charge in [-0.1, -0.05) is 57.9 Å². The molecule has 1 saturated carbocycles. The van der Waals surface area contributed by atoms with Gasteiger partial charge < -0.3 is 14.2 Å². The Kier molecular flexibility index (Phi) is 9.34. The summed E-state index contributed by atoms with van der Waals surface area (Å²) in [6.45, 7) is 13.7. The molecule has 0 bridgehead atoms. The van der Waals surface area contributed by atoms with Gasteiger partial charge in [-0.15, -0.1) is 0 Å². The number of rotatable bonds is 8. The lowest BCUT2D eigenvalue weighted by Crippen LogP contribution is -2.45. The molecule has 8 unspecified atom stereocenters. The molecule has 6 heteroatoms. The van der Waals surface area contributed by atoms with Gasteiger partial charge in [0.25, 0.3) is 0 Å². The highest BCUT2D eigenvalue weighted by Gasteiger charge is 2.43. The van der Waals surface area contributed by atoms with Crippen LogP contribution in [0.4, 0.5) is 0 Å². The monoisotopic (exact) mass is 516 g/mol. The molecule has 8 atom stereocenters. The van der Waals surface area contributed by atoms with Gasteiger partial charge in [-0.05, 0) is 84.0 Å². The molecule has 0 aromatic rings. The molecule has 0 N–H and O–H groups in total. The third-order valence-corrected chi connectivity index (χ3v) is 8.70. The van der Waals surface area contributed by atoms with Crippen LogP contribution in [0.1, 0.15) is 99.8 Å². The first kappa shape index (κ1) is 29.4. The summed E-state index contributed by atoms with van der Waals surface area (Å²) < 4.78 is 17.7. The standard InChI is InChI=1S/C31H48O6/c1-21-11-8-14-29(5,17-21)26(32)35-20-25(37-28(34)31(7)16-10-13-23(3)19-31)24(4)36-27(33)30(6)15-9-12-22(2)18-30/h9-10,15-16,21-25H,8,11-14,17-20H2,1-7H3. The molecule has 0 spiro atoms. The van der Waals surface area contributed by atoms with Crippen LogP contribution in [-0.4, -0.2) is 36.7 Å². The number of carbonyl (C=O) groups is 3. The number of hydrogen-bond donors (Lipinski definition) is 0. The van der Waals surface area contributed by atoms with E-state index in [9.17, 15) is 14.4 Å². The maximum absolute atomic E-state index is 13.4. The highest BCUT2D eigenvalue weighted by molar-refractivity contribution is 5.80. The Morgan fingerprint density at radius 3 is 1.86 bits per heavy atom. The van der Waals surface area contributed by atoms with Crippen molar-refractivity contribution in [3.8, 4) is 0 Å². The zero-order valence-corrected chi connectivity index (χ0v) is 24.0. The summed E-state index contributed by atoms with van der Waals surface area (Å²) in [4.78, 5) is 39.7. The average Bonchev–Trinajstić information content (AvgIpc) is 2.80.